The van der Waals surface area contributed by atoms with E-state index in [0.29, 0.717) is 63.9 Å². The Morgan fingerprint density at radius 3 is 1.89 bits per heavy atom. The molecule has 0 saturated heterocycles. The van der Waals surface area contributed by atoms with Crippen molar-refractivity contribution in [2.75, 3.05) is 0 Å². The van der Waals surface area contributed by atoms with Crippen LogP contribution in [0.1, 0.15) is 144 Å². The van der Waals surface area contributed by atoms with Crippen LogP contribution in [0, 0.1) is 25.7 Å². The summed E-state index contributed by atoms with van der Waals surface area (Å²) in [5.41, 5.74) is 11.6. The molecule has 414 valence electrons. The molecule has 10 rings (SSSR count). The van der Waals surface area contributed by atoms with Gasteiger partial charge in [0.05, 0.1) is 30.2 Å². The molecule has 24 heteroatoms. The van der Waals surface area contributed by atoms with Crippen molar-refractivity contribution in [3.8, 4) is 43.4 Å². The second kappa shape index (κ2) is 24.2. The number of aromatic nitrogens is 7. The number of hydrogen-bond donors (Lipinski definition) is 5. The van der Waals surface area contributed by atoms with Crippen LogP contribution >= 0.6 is 68.0 Å². The van der Waals surface area contributed by atoms with Crippen LogP contribution in [0.5, 0.6) is 0 Å². The molecule has 8 heterocycles. The van der Waals surface area contributed by atoms with Crippen molar-refractivity contribution >= 4 is 103 Å². The third-order valence-electron chi connectivity index (χ3n) is 13.9. The fraction of sp³-hybridized carbons (Fsp3) is 0.281. The van der Waals surface area contributed by atoms with Crippen molar-refractivity contribution in [1.82, 2.24) is 56.2 Å². The van der Waals surface area contributed by atoms with Crippen LogP contribution in [0.3, 0.4) is 0 Å². The molecule has 6 N–H and O–H groups in total. The number of amides is 5. The van der Waals surface area contributed by atoms with Crippen molar-refractivity contribution in [2.45, 2.75) is 91.4 Å². The second-order valence-electron chi connectivity index (χ2n) is 20.0. The zero-order valence-corrected chi connectivity index (χ0v) is 49.7. The Bertz CT molecular complexity index is 3820. The molecule has 2 aromatic carbocycles. The summed E-state index contributed by atoms with van der Waals surface area (Å²) in [6, 6.07) is 17.6. The van der Waals surface area contributed by atoms with Gasteiger partial charge in [0.25, 0.3) is 17.7 Å². The number of pyridine rings is 1. The lowest BCUT2D eigenvalue weighted by Gasteiger charge is -2.28. The molecule has 0 fully saturated rings. The van der Waals surface area contributed by atoms with Crippen molar-refractivity contribution in [3.63, 3.8) is 0 Å². The third kappa shape index (κ3) is 12.6. The maximum atomic E-state index is 14.9. The van der Waals surface area contributed by atoms with E-state index in [4.69, 9.17) is 35.6 Å². The molecule has 1 aliphatic heterocycles. The average molecular weight is 1200 g/mol. The van der Waals surface area contributed by atoms with Crippen LogP contribution < -0.4 is 27.0 Å². The molecule has 9 aromatic rings. The Balaban J connectivity index is 1.08. The molecule has 10 bridgehead atoms. The number of carbonyl (C=O) groups is 6. The summed E-state index contributed by atoms with van der Waals surface area (Å²) in [4.78, 5) is 118. The summed E-state index contributed by atoms with van der Waals surface area (Å²) in [6.45, 7) is 13.3. The Hall–Kier alpha value is -7.61. The normalized spacial score (nSPS) is 17.8. The maximum Gasteiger partial charge on any atom is 0.271 e. The molecule has 6 atom stereocenters. The molecular formula is C57H54N12O6S6. The van der Waals surface area contributed by atoms with Crippen LogP contribution in [-0.2, 0) is 16.0 Å². The lowest BCUT2D eigenvalue weighted by molar-refractivity contribution is -0.124. The maximum absolute atomic E-state index is 14.9. The zero-order chi connectivity index (χ0) is 57.2. The van der Waals surface area contributed by atoms with E-state index in [1.54, 1.807) is 29.1 Å². The van der Waals surface area contributed by atoms with Gasteiger partial charge >= 0.3 is 0 Å². The zero-order valence-electron chi connectivity index (χ0n) is 44.8. The first-order valence-corrected chi connectivity index (χ1v) is 31.0. The number of ketones is 1. The first-order chi connectivity index (χ1) is 38.9. The Kier molecular flexibility index (Phi) is 16.9. The first kappa shape index (κ1) is 56.7. The van der Waals surface area contributed by atoms with E-state index in [1.807, 2.05) is 85.3 Å². The van der Waals surface area contributed by atoms with Gasteiger partial charge < -0.3 is 27.0 Å². The summed E-state index contributed by atoms with van der Waals surface area (Å²) in [5, 5.41) is 23.9. The highest BCUT2D eigenvalue weighted by molar-refractivity contribution is 7.15. The number of nitrogens with one attached hydrogen (secondary N) is 4. The minimum atomic E-state index is -1.04. The predicted molar refractivity (Wildman–Crippen MR) is 318 cm³/mol. The number of aryl methyl sites for hydroxylation is 2. The van der Waals surface area contributed by atoms with Crippen LogP contribution in [0.4, 0.5) is 0 Å². The number of Topliss-reactive ketones (excluding diaryl/α,β-unsaturated/α-hetero) is 1. The number of thiazole rings is 6. The van der Waals surface area contributed by atoms with Gasteiger partial charge in [-0.25, -0.2) is 34.9 Å². The fourth-order valence-corrected chi connectivity index (χ4v) is 14.4. The van der Waals surface area contributed by atoms with Gasteiger partial charge in [0.2, 0.25) is 11.8 Å². The molecule has 18 nitrogen and oxygen atoms in total. The standard InChI is InChI=1S/C57H54N12O6S6/c1-26(2)28(4)44-56-66-42(25-80-56)54-63-39(22-78-54)47-34(17-18-35(59-47)53-62-38(21-77-53)30(6)70)52-64-40(23-76-52)50(74)61-37(20-43(58)71)55-69-46(31(7)81-55)51(75)68-45(29(5)33-11-9-8-10-12-33)57-65-41(24-79-57)49(73)60-36(48(72)67-44)19-32-15-13-27(3)14-16-32/h8-18,21-26,28-29,36-37,44-45H,19-20H2,1-7H3,(H2,58,71)(H,60,73)(H,61,74)(H,67,72)(H,68,75). The number of primary amides is 1. The summed E-state index contributed by atoms with van der Waals surface area (Å²) >= 11 is 7.57. The van der Waals surface area contributed by atoms with E-state index in [0.717, 1.165) is 28.0 Å². The summed E-state index contributed by atoms with van der Waals surface area (Å²) in [6.07, 6.45) is -0.158. The number of hydrogen-bond acceptors (Lipinski definition) is 19. The van der Waals surface area contributed by atoms with E-state index in [2.05, 4.69) is 47.0 Å². The van der Waals surface area contributed by atoms with E-state index in [1.165, 1.54) is 63.6 Å². The second-order valence-corrected chi connectivity index (χ2v) is 25.6. The lowest BCUT2D eigenvalue weighted by atomic mass is 9.90. The van der Waals surface area contributed by atoms with Crippen LogP contribution in [-0.4, -0.2) is 76.2 Å². The minimum Gasteiger partial charge on any atom is -0.370 e. The summed E-state index contributed by atoms with van der Waals surface area (Å²) < 4.78 is 0. The Labute approximate surface area is 490 Å². The summed E-state index contributed by atoms with van der Waals surface area (Å²) in [5.74, 6) is -3.42. The van der Waals surface area contributed by atoms with Crippen LogP contribution in [0.2, 0.25) is 0 Å². The Morgan fingerprint density at radius 1 is 0.568 bits per heavy atom. The minimum absolute atomic E-state index is 0.0441. The van der Waals surface area contributed by atoms with Crippen LogP contribution in [0.25, 0.3) is 43.4 Å². The molecule has 81 heavy (non-hydrogen) atoms. The van der Waals surface area contributed by atoms with E-state index < -0.39 is 53.7 Å². The lowest BCUT2D eigenvalue weighted by Crippen LogP contribution is -2.50. The number of nitrogens with zero attached hydrogens (tertiary/aromatic N) is 7. The van der Waals surface area contributed by atoms with Crippen molar-refractivity contribution in [2.24, 2.45) is 17.6 Å². The average Bonchev–Trinajstić information content (AvgIpc) is 4.45. The van der Waals surface area contributed by atoms with E-state index in [-0.39, 0.29) is 58.5 Å². The number of rotatable bonds is 10. The van der Waals surface area contributed by atoms with E-state index in [9.17, 15) is 28.8 Å². The van der Waals surface area contributed by atoms with Gasteiger partial charge in [-0.3, -0.25) is 28.8 Å². The topological polar surface area (TPSA) is 267 Å². The van der Waals surface area contributed by atoms with Crippen molar-refractivity contribution < 1.29 is 28.8 Å². The first-order valence-electron chi connectivity index (χ1n) is 25.8. The highest BCUT2D eigenvalue weighted by Crippen LogP contribution is 2.40. The largest absolute Gasteiger partial charge is 0.370 e. The Morgan fingerprint density at radius 2 is 1.19 bits per heavy atom. The number of carbonyl (C=O) groups excluding carboxylic acids is 6. The van der Waals surface area contributed by atoms with E-state index >= 15 is 0 Å². The van der Waals surface area contributed by atoms with Gasteiger partial charge in [0, 0.05) is 56.6 Å². The van der Waals surface area contributed by atoms with Gasteiger partial charge in [-0.2, -0.15) is 0 Å². The molecule has 1 aliphatic rings. The smallest absolute Gasteiger partial charge is 0.271 e. The summed E-state index contributed by atoms with van der Waals surface area (Å²) in [7, 11) is 0. The number of benzene rings is 2. The van der Waals surface area contributed by atoms with Gasteiger partial charge in [-0.05, 0) is 48.9 Å². The molecule has 0 saturated carbocycles. The molecule has 5 amide bonds. The highest BCUT2D eigenvalue weighted by atomic mass is 32.1. The molecule has 7 aromatic heterocycles. The molecule has 0 aliphatic carbocycles. The van der Waals surface area contributed by atoms with Gasteiger partial charge in [0.1, 0.15) is 75.9 Å². The highest BCUT2D eigenvalue weighted by Gasteiger charge is 2.34. The third-order valence-corrected chi connectivity index (χ3v) is 19.5. The number of nitrogens with two attached hydrogens (primary N) is 1. The molecule has 6 unspecified atom stereocenters. The van der Waals surface area contributed by atoms with Crippen LogP contribution in [0.15, 0.2) is 93.6 Å². The SMILES string of the molecule is CC(=O)c1csc(-c2ccc3c(n2)-c2csc(n2)-c2csc(n2)C(C(C)C(C)C)NC(=O)C(Cc2ccc(C)cc2)NC(=O)c2csc(n2)C(C(C)c2ccccc2)NC(=O)c2nc(sc2C)C(CC(N)=O)NC(=O)c2csc-3n2)n1. The van der Waals surface area contributed by atoms with Gasteiger partial charge in [-0.15, -0.1) is 68.0 Å². The fourth-order valence-electron chi connectivity index (χ4n) is 8.99. The quantitative estimate of drug-likeness (QED) is 0.0799. The molecular weight excluding hydrogens is 1140 g/mol. The van der Waals surface area contributed by atoms with Gasteiger partial charge in [0.15, 0.2) is 5.78 Å². The molecule has 0 radical (unpaired) electrons. The van der Waals surface area contributed by atoms with Crippen molar-refractivity contribution in [3.05, 3.63) is 153 Å². The predicted octanol–water partition coefficient (Wildman–Crippen LogP) is 10.7. The van der Waals surface area contributed by atoms with Gasteiger partial charge in [-0.1, -0.05) is 87.9 Å². The number of fused-ring (bicyclic) bond motifs is 14. The monoisotopic (exact) mass is 1190 g/mol. The van der Waals surface area contributed by atoms with Crippen molar-refractivity contribution in [1.29, 1.82) is 0 Å². The molecule has 0 spiro atoms.